The molecule has 0 spiro atoms. The van der Waals surface area contributed by atoms with Gasteiger partial charge in [0.25, 0.3) is 0 Å². The van der Waals surface area contributed by atoms with E-state index >= 15 is 0 Å². The molecule has 12 aromatic rings. The Labute approximate surface area is 365 Å². The van der Waals surface area contributed by atoms with Gasteiger partial charge in [0.05, 0.1) is 28.6 Å². The number of nitriles is 1. The number of hydrogen-bond donors (Lipinski definition) is 0. The maximum atomic E-state index is 10.1. The number of allylic oxidation sites excluding steroid dienone is 1. The highest BCUT2D eigenvalue weighted by molar-refractivity contribution is 6.11. The highest BCUT2D eigenvalue weighted by Crippen LogP contribution is 2.37. The highest BCUT2D eigenvalue weighted by Gasteiger charge is 2.17. The Kier molecular flexibility index (Phi) is 8.43. The molecule has 0 saturated heterocycles. The second kappa shape index (κ2) is 14.7. The molecule has 8 nitrogen and oxygen atoms in total. The summed E-state index contributed by atoms with van der Waals surface area (Å²) in [5.41, 5.74) is 13.9. The molecule has 0 fully saturated rings. The van der Waals surface area contributed by atoms with E-state index in [4.69, 9.17) is 15.4 Å². The van der Waals surface area contributed by atoms with E-state index in [2.05, 4.69) is 151 Å². The van der Waals surface area contributed by atoms with E-state index in [0.29, 0.717) is 34.2 Å². The fourth-order valence-electron chi connectivity index (χ4n) is 8.90. The number of benzene rings is 8. The van der Waals surface area contributed by atoms with E-state index < -0.39 is 0 Å². The highest BCUT2D eigenvalue weighted by atomic mass is 16.4. The lowest BCUT2D eigenvalue weighted by Crippen LogP contribution is -1.95. The Balaban J connectivity index is 0.857. The van der Waals surface area contributed by atoms with Crippen molar-refractivity contribution in [3.63, 3.8) is 0 Å². The summed E-state index contributed by atoms with van der Waals surface area (Å²) in [4.78, 5) is 12.9. The molecule has 8 heteroatoms. The first kappa shape index (κ1) is 36.6. The fraction of sp³-hybridized carbons (Fsp3) is 0. The minimum atomic E-state index is 0.307. The quantitative estimate of drug-likeness (QED) is 0.118. The molecule has 0 aliphatic carbocycles. The monoisotopic (exact) mass is 820 g/mol. The summed E-state index contributed by atoms with van der Waals surface area (Å²) in [6.07, 6.45) is 3.68. The van der Waals surface area contributed by atoms with Gasteiger partial charge in [-0.1, -0.05) is 97.1 Å². The predicted molar refractivity (Wildman–Crippen MR) is 257 cm³/mol. The van der Waals surface area contributed by atoms with Crippen LogP contribution in [0.15, 0.2) is 191 Å². The molecule has 0 bridgehead atoms. The van der Waals surface area contributed by atoms with Crippen LogP contribution >= 0.6 is 0 Å². The molecule has 12 rings (SSSR count). The van der Waals surface area contributed by atoms with E-state index in [9.17, 15) is 5.26 Å². The van der Waals surface area contributed by atoms with Gasteiger partial charge in [0.15, 0.2) is 11.2 Å². The third-order valence-corrected chi connectivity index (χ3v) is 11.9. The van der Waals surface area contributed by atoms with Crippen molar-refractivity contribution in [2.75, 3.05) is 0 Å². The van der Waals surface area contributed by atoms with Crippen LogP contribution in [0.25, 0.3) is 117 Å². The SMILES string of the molecule is [C-]#[N+]/C(=C\c1ccc2c(c1)c1ccccc1n2-c1ccc(-c2ccc(-n3c4ccccc4c4cc(/C=C(\C#N)c5nc6ccccc6o5)ccc43)cc2)cc1)c1nc2ccccc2o1. The van der Waals surface area contributed by atoms with Crippen LogP contribution in [0, 0.1) is 17.9 Å². The standard InChI is InChI=1S/C56H32N6O2/c1-58-48(56-60-47-13-5-9-17-54(47)64-56)33-36-19-29-52-45(32-36)43-11-3-7-15-50(43)62(52)41-26-22-38(23-27-41)37-20-24-40(25-21-37)61-49-14-6-2-10-42(49)44-31-35(18-28-51(44)61)30-39(34-57)55-59-46-12-4-8-16-53(46)63-55/h2-33H/b39-30+,48-33-. The summed E-state index contributed by atoms with van der Waals surface area (Å²) in [5.74, 6) is 0.621. The Morgan fingerprint density at radius 3 is 1.47 bits per heavy atom. The van der Waals surface area contributed by atoms with E-state index in [1.54, 1.807) is 0 Å². The summed E-state index contributed by atoms with van der Waals surface area (Å²) in [7, 11) is 0. The van der Waals surface area contributed by atoms with Crippen LogP contribution in [0.2, 0.25) is 0 Å². The van der Waals surface area contributed by atoms with Gasteiger partial charge in [-0.05, 0) is 119 Å². The summed E-state index contributed by atoms with van der Waals surface area (Å²) in [5, 5.41) is 14.5. The van der Waals surface area contributed by atoms with Crippen molar-refractivity contribution >= 4 is 89.2 Å². The van der Waals surface area contributed by atoms with Crippen molar-refractivity contribution in [1.82, 2.24) is 19.1 Å². The van der Waals surface area contributed by atoms with E-state index in [1.165, 1.54) is 0 Å². The van der Waals surface area contributed by atoms with E-state index in [1.807, 2.05) is 72.8 Å². The smallest absolute Gasteiger partial charge is 0.248 e. The molecule has 4 aromatic heterocycles. The maximum absolute atomic E-state index is 10.1. The first-order valence-electron chi connectivity index (χ1n) is 20.8. The van der Waals surface area contributed by atoms with Gasteiger partial charge in [-0.3, -0.25) is 0 Å². The van der Waals surface area contributed by atoms with Gasteiger partial charge in [-0.15, -0.1) is 0 Å². The van der Waals surface area contributed by atoms with Crippen molar-refractivity contribution in [3.8, 4) is 28.6 Å². The van der Waals surface area contributed by atoms with Crippen LogP contribution in [0.4, 0.5) is 0 Å². The summed E-state index contributed by atoms with van der Waals surface area (Å²) < 4.78 is 16.4. The molecule has 298 valence electrons. The molecule has 64 heavy (non-hydrogen) atoms. The average molecular weight is 821 g/mol. The Morgan fingerprint density at radius 1 is 0.500 bits per heavy atom. The van der Waals surface area contributed by atoms with E-state index in [0.717, 1.165) is 88.3 Å². The Bertz CT molecular complexity index is 3650. The van der Waals surface area contributed by atoms with Gasteiger partial charge in [0.2, 0.25) is 17.5 Å². The molecular formula is C56H32N6O2. The summed E-state index contributed by atoms with van der Waals surface area (Å²) in [6, 6.07) is 64.2. The Hall–Kier alpha value is -9.24. The van der Waals surface area contributed by atoms with Gasteiger partial charge in [0, 0.05) is 32.9 Å². The number of para-hydroxylation sites is 6. The second-order valence-electron chi connectivity index (χ2n) is 15.6. The molecule has 0 saturated carbocycles. The number of nitrogens with zero attached hydrogens (tertiary/aromatic N) is 6. The lowest BCUT2D eigenvalue weighted by Gasteiger charge is -2.11. The zero-order valence-electron chi connectivity index (χ0n) is 34.0. The molecule has 0 atom stereocenters. The van der Waals surface area contributed by atoms with Gasteiger partial charge in [-0.2, -0.15) is 5.26 Å². The van der Waals surface area contributed by atoms with Gasteiger partial charge in [0.1, 0.15) is 22.7 Å². The summed E-state index contributed by atoms with van der Waals surface area (Å²) >= 11 is 0. The number of rotatable bonds is 7. The van der Waals surface area contributed by atoms with Crippen molar-refractivity contribution in [3.05, 3.63) is 216 Å². The van der Waals surface area contributed by atoms with E-state index in [-0.39, 0.29) is 0 Å². The molecular weight excluding hydrogens is 789 g/mol. The first-order valence-corrected chi connectivity index (χ1v) is 20.8. The van der Waals surface area contributed by atoms with Crippen LogP contribution in [0.3, 0.4) is 0 Å². The molecule has 0 aliphatic heterocycles. The molecule has 4 heterocycles. The first-order chi connectivity index (χ1) is 31.6. The lowest BCUT2D eigenvalue weighted by molar-refractivity contribution is 0.586. The number of fused-ring (bicyclic) bond motifs is 8. The van der Waals surface area contributed by atoms with Crippen LogP contribution in [-0.4, -0.2) is 19.1 Å². The fourth-order valence-corrected chi connectivity index (χ4v) is 8.90. The van der Waals surface area contributed by atoms with Crippen LogP contribution in [0.1, 0.15) is 22.9 Å². The summed E-state index contributed by atoms with van der Waals surface area (Å²) in [6.45, 7) is 7.91. The molecule has 0 unspecified atom stereocenters. The topological polar surface area (TPSA) is 90.1 Å². The third-order valence-electron chi connectivity index (χ3n) is 11.9. The van der Waals surface area contributed by atoms with Crippen LogP contribution < -0.4 is 0 Å². The normalized spacial score (nSPS) is 12.2. The van der Waals surface area contributed by atoms with Crippen LogP contribution in [0.5, 0.6) is 0 Å². The van der Waals surface area contributed by atoms with Crippen LogP contribution in [-0.2, 0) is 0 Å². The minimum absolute atomic E-state index is 0.307. The number of aromatic nitrogens is 4. The average Bonchev–Trinajstić information content (AvgIpc) is 4.13. The van der Waals surface area contributed by atoms with Crippen molar-refractivity contribution < 1.29 is 8.83 Å². The maximum Gasteiger partial charge on any atom is 0.248 e. The molecule has 0 N–H and O–H groups in total. The third kappa shape index (κ3) is 6.06. The molecule has 8 aromatic carbocycles. The molecule has 0 aliphatic rings. The minimum Gasteiger partial charge on any atom is -0.447 e. The number of oxazole rings is 2. The van der Waals surface area contributed by atoms with Crippen molar-refractivity contribution in [1.29, 1.82) is 5.26 Å². The largest absolute Gasteiger partial charge is 0.447 e. The Morgan fingerprint density at radius 2 is 0.953 bits per heavy atom. The zero-order valence-corrected chi connectivity index (χ0v) is 34.0. The van der Waals surface area contributed by atoms with Gasteiger partial charge >= 0.3 is 0 Å². The second-order valence-corrected chi connectivity index (χ2v) is 15.6. The van der Waals surface area contributed by atoms with Gasteiger partial charge < -0.3 is 18.0 Å². The predicted octanol–water partition coefficient (Wildman–Crippen LogP) is 14.3. The van der Waals surface area contributed by atoms with Crippen molar-refractivity contribution in [2.24, 2.45) is 0 Å². The molecule has 0 amide bonds. The number of hydrogen-bond acceptors (Lipinski definition) is 5. The lowest BCUT2D eigenvalue weighted by atomic mass is 10.0. The zero-order chi connectivity index (χ0) is 42.7. The van der Waals surface area contributed by atoms with Gasteiger partial charge in [-0.25, -0.2) is 14.8 Å². The van der Waals surface area contributed by atoms with Crippen molar-refractivity contribution in [2.45, 2.75) is 0 Å². The molecule has 0 radical (unpaired) electrons.